The van der Waals surface area contributed by atoms with Gasteiger partial charge in [0.05, 0.1) is 6.26 Å². The monoisotopic (exact) mass is 259 g/mol. The molecule has 0 saturated heterocycles. The standard InChI is InChI=1S/C16H21NO2/c1-16(2,3)13-5-4-6-14(8-13)19-11-15-7-12(9-17)10-18-15/h4-8,10H,9,11,17H2,1-3H3. The summed E-state index contributed by atoms with van der Waals surface area (Å²) < 4.78 is 11.1. The van der Waals surface area contributed by atoms with E-state index in [1.807, 2.05) is 18.2 Å². The topological polar surface area (TPSA) is 48.4 Å². The summed E-state index contributed by atoms with van der Waals surface area (Å²) in [6.45, 7) is 7.47. The van der Waals surface area contributed by atoms with Crippen LogP contribution >= 0.6 is 0 Å². The van der Waals surface area contributed by atoms with Crippen molar-refractivity contribution in [3.05, 3.63) is 53.5 Å². The quantitative estimate of drug-likeness (QED) is 0.912. The molecule has 2 N–H and O–H groups in total. The van der Waals surface area contributed by atoms with Crippen LogP contribution in [0.2, 0.25) is 0 Å². The molecular formula is C16H21NO2. The van der Waals surface area contributed by atoms with Crippen molar-refractivity contribution in [1.29, 1.82) is 0 Å². The largest absolute Gasteiger partial charge is 0.486 e. The fourth-order valence-electron chi connectivity index (χ4n) is 1.82. The van der Waals surface area contributed by atoms with E-state index >= 15 is 0 Å². The van der Waals surface area contributed by atoms with Crippen molar-refractivity contribution in [3.63, 3.8) is 0 Å². The Morgan fingerprint density at radius 1 is 1.21 bits per heavy atom. The second-order valence-corrected chi connectivity index (χ2v) is 5.69. The zero-order valence-corrected chi connectivity index (χ0v) is 11.8. The van der Waals surface area contributed by atoms with Gasteiger partial charge in [0.1, 0.15) is 18.1 Å². The van der Waals surface area contributed by atoms with Crippen LogP contribution in [0.1, 0.15) is 37.7 Å². The van der Waals surface area contributed by atoms with E-state index in [4.69, 9.17) is 14.9 Å². The number of hydrogen-bond donors (Lipinski definition) is 1. The lowest BCUT2D eigenvalue weighted by Crippen LogP contribution is -2.10. The maximum atomic E-state index is 5.75. The van der Waals surface area contributed by atoms with Gasteiger partial charge in [0.25, 0.3) is 0 Å². The maximum Gasteiger partial charge on any atom is 0.146 e. The number of benzene rings is 1. The van der Waals surface area contributed by atoms with Gasteiger partial charge in [-0.15, -0.1) is 0 Å². The van der Waals surface area contributed by atoms with Crippen molar-refractivity contribution in [2.45, 2.75) is 39.3 Å². The van der Waals surface area contributed by atoms with Crippen LogP contribution in [0.5, 0.6) is 5.75 Å². The number of hydrogen-bond acceptors (Lipinski definition) is 3. The van der Waals surface area contributed by atoms with E-state index in [0.29, 0.717) is 13.2 Å². The predicted octanol–water partition coefficient (Wildman–Crippen LogP) is 3.61. The van der Waals surface area contributed by atoms with Gasteiger partial charge in [-0.3, -0.25) is 0 Å². The highest BCUT2D eigenvalue weighted by Gasteiger charge is 2.14. The van der Waals surface area contributed by atoms with Crippen LogP contribution in [0.25, 0.3) is 0 Å². The lowest BCUT2D eigenvalue weighted by molar-refractivity contribution is 0.269. The summed E-state index contributed by atoms with van der Waals surface area (Å²) in [5.74, 6) is 1.65. The zero-order valence-electron chi connectivity index (χ0n) is 11.8. The van der Waals surface area contributed by atoms with E-state index in [0.717, 1.165) is 17.1 Å². The lowest BCUT2D eigenvalue weighted by Gasteiger charge is -2.19. The first-order chi connectivity index (χ1) is 8.99. The first-order valence-electron chi connectivity index (χ1n) is 6.49. The molecule has 19 heavy (non-hydrogen) atoms. The normalized spacial score (nSPS) is 11.6. The van der Waals surface area contributed by atoms with Gasteiger partial charge in [0.15, 0.2) is 0 Å². The third-order valence-electron chi connectivity index (χ3n) is 3.02. The molecule has 0 atom stereocenters. The minimum Gasteiger partial charge on any atom is -0.486 e. The Kier molecular flexibility index (Phi) is 3.96. The Hall–Kier alpha value is -1.74. The number of ether oxygens (including phenoxy) is 1. The molecule has 0 spiro atoms. The Morgan fingerprint density at radius 2 is 2.00 bits per heavy atom. The molecule has 102 valence electrons. The molecule has 0 aliphatic carbocycles. The molecule has 3 heteroatoms. The molecule has 0 unspecified atom stereocenters. The van der Waals surface area contributed by atoms with Gasteiger partial charge >= 0.3 is 0 Å². The zero-order chi connectivity index (χ0) is 13.9. The lowest BCUT2D eigenvalue weighted by atomic mass is 9.87. The number of rotatable bonds is 4. The molecule has 0 aliphatic heterocycles. The third-order valence-corrected chi connectivity index (χ3v) is 3.02. The molecule has 0 radical (unpaired) electrons. The average molecular weight is 259 g/mol. The van der Waals surface area contributed by atoms with Crippen LogP contribution in [-0.2, 0) is 18.6 Å². The molecule has 0 bridgehead atoms. The fraction of sp³-hybridized carbons (Fsp3) is 0.375. The first kappa shape index (κ1) is 13.7. The molecular weight excluding hydrogens is 238 g/mol. The summed E-state index contributed by atoms with van der Waals surface area (Å²) in [6.07, 6.45) is 1.67. The van der Waals surface area contributed by atoms with Crippen LogP contribution < -0.4 is 10.5 Å². The first-order valence-corrected chi connectivity index (χ1v) is 6.49. The highest BCUT2D eigenvalue weighted by molar-refractivity contribution is 5.32. The predicted molar refractivity (Wildman–Crippen MR) is 76.1 cm³/mol. The fourth-order valence-corrected chi connectivity index (χ4v) is 1.82. The average Bonchev–Trinajstić information content (AvgIpc) is 2.84. The van der Waals surface area contributed by atoms with E-state index < -0.39 is 0 Å². The highest BCUT2D eigenvalue weighted by Crippen LogP contribution is 2.26. The van der Waals surface area contributed by atoms with Gasteiger partial charge in [0, 0.05) is 12.1 Å². The van der Waals surface area contributed by atoms with Crippen molar-refractivity contribution < 1.29 is 9.15 Å². The minimum absolute atomic E-state index is 0.122. The summed E-state index contributed by atoms with van der Waals surface area (Å²) in [4.78, 5) is 0. The van der Waals surface area contributed by atoms with E-state index in [1.54, 1.807) is 6.26 Å². The van der Waals surface area contributed by atoms with E-state index in [2.05, 4.69) is 32.9 Å². The molecule has 1 aromatic heterocycles. The Labute approximate surface area is 114 Å². The van der Waals surface area contributed by atoms with Gasteiger partial charge in [0.2, 0.25) is 0 Å². The molecule has 0 amide bonds. The summed E-state index contributed by atoms with van der Waals surface area (Å²) in [5.41, 5.74) is 7.90. The molecule has 1 aromatic carbocycles. The summed E-state index contributed by atoms with van der Waals surface area (Å²) in [5, 5.41) is 0. The molecule has 0 fully saturated rings. The Bertz CT molecular complexity index is 538. The van der Waals surface area contributed by atoms with Crippen molar-refractivity contribution in [2.24, 2.45) is 5.73 Å². The van der Waals surface area contributed by atoms with Crippen LogP contribution in [-0.4, -0.2) is 0 Å². The van der Waals surface area contributed by atoms with Crippen molar-refractivity contribution >= 4 is 0 Å². The van der Waals surface area contributed by atoms with Gasteiger partial charge in [-0.05, 0) is 29.2 Å². The smallest absolute Gasteiger partial charge is 0.146 e. The summed E-state index contributed by atoms with van der Waals surface area (Å²) >= 11 is 0. The van der Waals surface area contributed by atoms with Gasteiger partial charge in [-0.25, -0.2) is 0 Å². The Balaban J connectivity index is 2.03. The van der Waals surface area contributed by atoms with E-state index in [-0.39, 0.29) is 5.41 Å². The molecule has 2 aromatic rings. The van der Waals surface area contributed by atoms with E-state index in [9.17, 15) is 0 Å². The third kappa shape index (κ3) is 3.61. The van der Waals surface area contributed by atoms with Crippen molar-refractivity contribution in [1.82, 2.24) is 0 Å². The van der Waals surface area contributed by atoms with Crippen molar-refractivity contribution in [3.8, 4) is 5.75 Å². The molecule has 3 nitrogen and oxygen atoms in total. The molecule has 1 heterocycles. The molecule has 2 rings (SSSR count). The van der Waals surface area contributed by atoms with Gasteiger partial charge in [-0.1, -0.05) is 32.9 Å². The van der Waals surface area contributed by atoms with E-state index in [1.165, 1.54) is 5.56 Å². The Morgan fingerprint density at radius 3 is 2.63 bits per heavy atom. The van der Waals surface area contributed by atoms with Crippen LogP contribution in [0.3, 0.4) is 0 Å². The second kappa shape index (κ2) is 5.49. The van der Waals surface area contributed by atoms with Crippen LogP contribution in [0.4, 0.5) is 0 Å². The highest BCUT2D eigenvalue weighted by atomic mass is 16.5. The van der Waals surface area contributed by atoms with Crippen molar-refractivity contribution in [2.75, 3.05) is 0 Å². The number of nitrogens with two attached hydrogens (primary N) is 1. The molecule has 0 aliphatic rings. The van der Waals surface area contributed by atoms with Crippen LogP contribution in [0, 0.1) is 0 Å². The maximum absolute atomic E-state index is 5.75. The van der Waals surface area contributed by atoms with Crippen LogP contribution in [0.15, 0.2) is 41.0 Å². The summed E-state index contributed by atoms with van der Waals surface area (Å²) in [6, 6.07) is 10.1. The van der Waals surface area contributed by atoms with Gasteiger partial charge in [-0.2, -0.15) is 0 Å². The number of furan rings is 1. The van der Waals surface area contributed by atoms with Gasteiger partial charge < -0.3 is 14.9 Å². The second-order valence-electron chi connectivity index (χ2n) is 5.69. The summed E-state index contributed by atoms with van der Waals surface area (Å²) in [7, 11) is 0. The minimum atomic E-state index is 0.122. The SMILES string of the molecule is CC(C)(C)c1cccc(OCc2cc(CN)co2)c1. The molecule has 0 saturated carbocycles.